The summed E-state index contributed by atoms with van der Waals surface area (Å²) in [5, 5.41) is 26.5. The third kappa shape index (κ3) is 4.32. The van der Waals surface area contributed by atoms with Gasteiger partial charge in [-0.1, -0.05) is 58.4 Å². The van der Waals surface area contributed by atoms with Crippen LogP contribution in [0.3, 0.4) is 0 Å². The molecule has 0 radical (unpaired) electrons. The van der Waals surface area contributed by atoms with Crippen molar-refractivity contribution in [3.05, 3.63) is 41.5 Å². The van der Waals surface area contributed by atoms with Gasteiger partial charge in [-0.15, -0.1) is 0 Å². The molecule has 12 atom stereocenters. The fourth-order valence-electron chi connectivity index (χ4n) is 12.2. The lowest BCUT2D eigenvalue weighted by atomic mass is 9.37. The van der Waals surface area contributed by atoms with Crippen molar-refractivity contribution >= 4 is 11.7 Å². The predicted octanol–water partition coefficient (Wildman–Crippen LogP) is 6.73. The van der Waals surface area contributed by atoms with Crippen molar-refractivity contribution in [1.82, 2.24) is 0 Å². The van der Waals surface area contributed by atoms with Crippen molar-refractivity contribution in [3.8, 4) is 0 Å². The van der Waals surface area contributed by atoms with E-state index in [-0.39, 0.29) is 58.0 Å². The van der Waals surface area contributed by atoms with Crippen molar-refractivity contribution in [3.63, 3.8) is 0 Å². The molecule has 2 aliphatic heterocycles. The van der Waals surface area contributed by atoms with E-state index < -0.39 is 17.8 Å². The Hall–Kier alpha value is -1.93. The highest BCUT2D eigenvalue weighted by Crippen LogP contribution is 2.73. The van der Waals surface area contributed by atoms with Crippen LogP contribution < -0.4 is 5.32 Å². The number of rotatable bonds is 4. The van der Waals surface area contributed by atoms with Gasteiger partial charge < -0.3 is 29.7 Å². The van der Waals surface area contributed by atoms with Gasteiger partial charge in [0.2, 0.25) is 0 Å². The van der Waals surface area contributed by atoms with Crippen molar-refractivity contribution in [2.24, 2.45) is 45.3 Å². The molecular weight excluding hydrogens is 566 g/mol. The maximum Gasteiger partial charge on any atom is 0.340 e. The van der Waals surface area contributed by atoms with E-state index in [2.05, 4.69) is 46.0 Å². The summed E-state index contributed by atoms with van der Waals surface area (Å²) >= 11 is 0. The monoisotopic (exact) mass is 621 g/mol. The van der Waals surface area contributed by atoms with Gasteiger partial charge in [-0.2, -0.15) is 0 Å². The van der Waals surface area contributed by atoms with Gasteiger partial charge in [0, 0.05) is 29.5 Å². The topological polar surface area (TPSA) is 97.3 Å². The van der Waals surface area contributed by atoms with Gasteiger partial charge in [-0.25, -0.2) is 4.79 Å². The molecule has 2 heterocycles. The average Bonchev–Trinajstić information content (AvgIpc) is 3.48. The van der Waals surface area contributed by atoms with Crippen molar-refractivity contribution in [2.45, 2.75) is 130 Å². The number of allylic oxidation sites excluding steroid dienone is 1. The average molecular weight is 622 g/mol. The van der Waals surface area contributed by atoms with Gasteiger partial charge in [0.1, 0.15) is 12.2 Å². The molecule has 0 spiro atoms. The van der Waals surface area contributed by atoms with Gasteiger partial charge in [-0.3, -0.25) is 0 Å². The van der Waals surface area contributed by atoms with Crippen LogP contribution in [-0.2, 0) is 14.2 Å². The number of hydrogen-bond acceptors (Lipinski definition) is 7. The molecule has 1 aromatic carbocycles. The number of ether oxygens (including phenoxy) is 3. The first-order valence-electron chi connectivity index (χ1n) is 17.5. The fraction of sp³-hybridized carbons (Fsp3) is 0.763. The summed E-state index contributed by atoms with van der Waals surface area (Å²) in [5.74, 6) is 0.704. The minimum Gasteiger partial charge on any atom is -0.458 e. The Balaban J connectivity index is 1.14. The molecule has 2 saturated heterocycles. The second-order valence-corrected chi connectivity index (χ2v) is 17.2. The third-order valence-corrected chi connectivity index (χ3v) is 14.5. The number of para-hydroxylation sites is 1. The Kier molecular flexibility index (Phi) is 7.23. The summed E-state index contributed by atoms with van der Waals surface area (Å²) in [6.45, 7) is 15.8. The van der Waals surface area contributed by atoms with E-state index in [1.54, 1.807) is 0 Å². The van der Waals surface area contributed by atoms with Crippen LogP contribution in [0.2, 0.25) is 0 Å². The molecule has 45 heavy (non-hydrogen) atoms. The second kappa shape index (κ2) is 10.3. The number of carbonyl (C=O) groups is 1. The molecule has 2 bridgehead atoms. The molecule has 0 aromatic heterocycles. The molecule has 3 saturated carbocycles. The van der Waals surface area contributed by atoms with Crippen LogP contribution in [0.1, 0.15) is 104 Å². The van der Waals surface area contributed by atoms with Crippen LogP contribution in [-0.4, -0.2) is 59.5 Å². The quantitative estimate of drug-likeness (QED) is 0.253. The first-order valence-corrected chi connectivity index (χ1v) is 17.5. The largest absolute Gasteiger partial charge is 0.458 e. The second-order valence-electron chi connectivity index (χ2n) is 17.2. The van der Waals surface area contributed by atoms with Crippen LogP contribution >= 0.6 is 0 Å². The number of aliphatic hydroxyl groups excluding tert-OH is 2. The number of esters is 1. The summed E-state index contributed by atoms with van der Waals surface area (Å²) in [7, 11) is 1.82. The molecule has 4 aliphatic carbocycles. The number of benzene rings is 1. The van der Waals surface area contributed by atoms with Gasteiger partial charge in [-0.05, 0) is 99.5 Å². The van der Waals surface area contributed by atoms with E-state index in [0.29, 0.717) is 30.2 Å². The van der Waals surface area contributed by atoms with Crippen molar-refractivity contribution < 1.29 is 29.2 Å². The molecule has 7 heteroatoms. The van der Waals surface area contributed by atoms with Gasteiger partial charge in [0.25, 0.3) is 0 Å². The van der Waals surface area contributed by atoms with Crippen LogP contribution in [0.4, 0.5) is 5.69 Å². The van der Waals surface area contributed by atoms with Crippen LogP contribution in [0, 0.1) is 45.3 Å². The predicted molar refractivity (Wildman–Crippen MR) is 173 cm³/mol. The lowest BCUT2D eigenvalue weighted by Crippen LogP contribution is -2.65. The molecule has 5 fully saturated rings. The highest BCUT2D eigenvalue weighted by molar-refractivity contribution is 5.95. The zero-order chi connectivity index (χ0) is 32.3. The summed E-state index contributed by atoms with van der Waals surface area (Å²) in [6, 6.07) is 7.52. The standard InChI is InChI=1S/C38H55NO6/c1-34(2)28-20-29(41)38(7)26-14-13-23(22-19-25(40)31-35(3,4)45-33(22)44-31)36(26,5)17-15-27(38)37(28,6)18-16-30(34)43-32(42)21-11-9-10-12-24(21)39-8/h9-12,14,22-23,25,27-31,33,39-41H,13,15-20H2,1-8H3. The Bertz CT molecular complexity index is 1390. The number of fused-ring (bicyclic) bond motifs is 7. The normalized spacial score (nSPS) is 47.6. The van der Waals surface area contributed by atoms with E-state index in [4.69, 9.17) is 14.2 Å². The number of carbonyl (C=O) groups excluding carboxylic acids is 1. The minimum absolute atomic E-state index is 0.0134. The highest BCUT2D eigenvalue weighted by Gasteiger charge is 2.69. The molecular formula is C38H55NO6. The zero-order valence-corrected chi connectivity index (χ0v) is 28.6. The Morgan fingerprint density at radius 2 is 1.71 bits per heavy atom. The molecule has 1 aromatic rings. The first kappa shape index (κ1) is 31.7. The van der Waals surface area contributed by atoms with Crippen LogP contribution in [0.25, 0.3) is 0 Å². The third-order valence-electron chi connectivity index (χ3n) is 14.5. The van der Waals surface area contributed by atoms with Gasteiger partial charge in [0.15, 0.2) is 6.29 Å². The number of hydrogen-bond donors (Lipinski definition) is 3. The van der Waals surface area contributed by atoms with E-state index in [1.165, 1.54) is 5.57 Å². The smallest absolute Gasteiger partial charge is 0.340 e. The van der Waals surface area contributed by atoms with Crippen molar-refractivity contribution in [2.75, 3.05) is 12.4 Å². The zero-order valence-electron chi connectivity index (χ0n) is 28.6. The van der Waals surface area contributed by atoms with Crippen molar-refractivity contribution in [1.29, 1.82) is 0 Å². The molecule has 0 amide bonds. The molecule has 12 unspecified atom stereocenters. The fourth-order valence-corrected chi connectivity index (χ4v) is 12.2. The number of nitrogens with one attached hydrogen (secondary N) is 1. The SMILES string of the molecule is CNc1ccccc1C(=O)OC1CCC2(C)C(CC(O)C3(C)C4=CCC(C5CC(O)C6OC5OC6(C)C)C4(C)CCC23)C1(C)C. The maximum absolute atomic E-state index is 13.4. The highest BCUT2D eigenvalue weighted by atomic mass is 16.7. The summed E-state index contributed by atoms with van der Waals surface area (Å²) < 4.78 is 19.1. The van der Waals surface area contributed by atoms with Gasteiger partial charge >= 0.3 is 5.97 Å². The molecule has 7 nitrogen and oxygen atoms in total. The Morgan fingerprint density at radius 1 is 0.978 bits per heavy atom. The maximum atomic E-state index is 13.4. The van der Waals surface area contributed by atoms with Crippen LogP contribution in [0.15, 0.2) is 35.9 Å². The molecule has 7 rings (SSSR count). The number of anilines is 1. The van der Waals surface area contributed by atoms with E-state index >= 15 is 0 Å². The van der Waals surface area contributed by atoms with E-state index in [9.17, 15) is 15.0 Å². The Labute approximate surface area is 269 Å². The Morgan fingerprint density at radius 3 is 2.44 bits per heavy atom. The number of aliphatic hydroxyl groups is 2. The van der Waals surface area contributed by atoms with E-state index in [0.717, 1.165) is 37.8 Å². The summed E-state index contributed by atoms with van der Waals surface area (Å²) in [5.41, 5.74) is 1.60. The minimum atomic E-state index is -0.526. The molecule has 6 aliphatic rings. The van der Waals surface area contributed by atoms with E-state index in [1.807, 2.05) is 45.2 Å². The van der Waals surface area contributed by atoms with Crippen LogP contribution in [0.5, 0.6) is 0 Å². The summed E-state index contributed by atoms with van der Waals surface area (Å²) in [6.07, 6.45) is 6.91. The van der Waals surface area contributed by atoms with Gasteiger partial charge in [0.05, 0.1) is 23.4 Å². The lowest BCUT2D eigenvalue weighted by Gasteiger charge is -2.68. The molecule has 3 N–H and O–H groups in total. The summed E-state index contributed by atoms with van der Waals surface area (Å²) in [4.78, 5) is 13.4. The lowest BCUT2D eigenvalue weighted by molar-refractivity contribution is -0.217. The molecule has 248 valence electrons. The first-order chi connectivity index (χ1) is 21.1.